The Morgan fingerprint density at radius 2 is 1.47 bits per heavy atom. The molecule has 156 valence electrons. The lowest BCUT2D eigenvalue weighted by atomic mass is 9.75. The van der Waals surface area contributed by atoms with Gasteiger partial charge < -0.3 is 5.32 Å². The summed E-state index contributed by atoms with van der Waals surface area (Å²) in [5.41, 5.74) is 2.58. The van der Waals surface area contributed by atoms with Gasteiger partial charge in [0, 0.05) is 23.2 Å². The number of hydrogen-bond donors (Lipinski definition) is 1. The molecule has 2 fully saturated rings. The number of rotatable bonds is 5. The highest BCUT2D eigenvalue weighted by atomic mass is 19.1. The molecule has 0 aromatic heterocycles. The molecule has 1 N–H and O–H groups in total. The van der Waals surface area contributed by atoms with Crippen LogP contribution in [0.4, 0.5) is 4.39 Å². The van der Waals surface area contributed by atoms with Crippen LogP contribution < -0.4 is 5.32 Å². The number of carbonyl (C=O) groups is 1. The molecule has 2 aliphatic rings. The van der Waals surface area contributed by atoms with Crippen molar-refractivity contribution >= 4 is 5.91 Å². The molecule has 1 amide bonds. The highest BCUT2D eigenvalue weighted by Crippen LogP contribution is 2.46. The summed E-state index contributed by atoms with van der Waals surface area (Å²) in [5.74, 6) is 6.72. The number of carbonyl (C=O) groups excluding carboxylic acids is 1. The second kappa shape index (κ2) is 9.47. The zero-order chi connectivity index (χ0) is 20.8. The molecular formula is C27H30FNO. The molecule has 0 unspecified atom stereocenters. The summed E-state index contributed by atoms with van der Waals surface area (Å²) in [7, 11) is 0. The van der Waals surface area contributed by atoms with E-state index >= 15 is 0 Å². The number of hydrogen-bond acceptors (Lipinski definition) is 1. The number of halogens is 1. The largest absolute Gasteiger partial charge is 0.351 e. The van der Waals surface area contributed by atoms with Crippen LogP contribution in [-0.2, 0) is 0 Å². The summed E-state index contributed by atoms with van der Waals surface area (Å²) in [6.45, 7) is 0.800. The molecule has 0 bridgehead atoms. The third-order valence-electron chi connectivity index (χ3n) is 6.55. The van der Waals surface area contributed by atoms with Gasteiger partial charge in [-0.1, -0.05) is 50.4 Å². The van der Waals surface area contributed by atoms with Gasteiger partial charge in [0.2, 0.25) is 0 Å². The fourth-order valence-corrected chi connectivity index (χ4v) is 4.62. The third kappa shape index (κ3) is 5.72. The molecule has 2 aromatic rings. The van der Waals surface area contributed by atoms with E-state index in [-0.39, 0.29) is 11.7 Å². The number of amides is 1. The molecule has 0 saturated heterocycles. The van der Waals surface area contributed by atoms with Crippen LogP contribution in [0.1, 0.15) is 79.3 Å². The fourth-order valence-electron chi connectivity index (χ4n) is 4.62. The van der Waals surface area contributed by atoms with Crippen LogP contribution >= 0.6 is 0 Å². The Balaban J connectivity index is 1.36. The van der Waals surface area contributed by atoms with Crippen LogP contribution in [0, 0.1) is 29.0 Å². The molecule has 3 heteroatoms. The van der Waals surface area contributed by atoms with Crippen LogP contribution in [0.15, 0.2) is 48.5 Å². The predicted octanol–water partition coefficient (Wildman–Crippen LogP) is 6.10. The third-order valence-corrected chi connectivity index (χ3v) is 6.55. The van der Waals surface area contributed by atoms with Crippen LogP contribution in [0.3, 0.4) is 0 Å². The van der Waals surface area contributed by atoms with E-state index in [2.05, 4.69) is 17.2 Å². The minimum atomic E-state index is -0.265. The summed E-state index contributed by atoms with van der Waals surface area (Å²) >= 11 is 0. The summed E-state index contributed by atoms with van der Waals surface area (Å²) < 4.78 is 13.0. The molecule has 0 spiro atoms. The van der Waals surface area contributed by atoms with Gasteiger partial charge in [-0.05, 0) is 79.1 Å². The zero-order valence-corrected chi connectivity index (χ0v) is 17.6. The first-order valence-electron chi connectivity index (χ1n) is 11.3. The Morgan fingerprint density at radius 1 is 0.900 bits per heavy atom. The summed E-state index contributed by atoms with van der Waals surface area (Å²) in [6.07, 6.45) is 11.8. The summed E-state index contributed by atoms with van der Waals surface area (Å²) in [6, 6.07) is 13.6. The second-order valence-corrected chi connectivity index (χ2v) is 9.08. The molecule has 0 aliphatic heterocycles. The molecule has 0 radical (unpaired) electrons. The van der Waals surface area contributed by atoms with Gasteiger partial charge in [-0.3, -0.25) is 4.79 Å². The van der Waals surface area contributed by atoms with Crippen LogP contribution in [0.2, 0.25) is 0 Å². The van der Waals surface area contributed by atoms with Gasteiger partial charge >= 0.3 is 0 Å². The lowest BCUT2D eigenvalue weighted by molar-refractivity contribution is 0.0914. The van der Waals surface area contributed by atoms with E-state index in [1.807, 2.05) is 24.3 Å². The maximum atomic E-state index is 13.0. The van der Waals surface area contributed by atoms with E-state index in [1.54, 1.807) is 12.1 Å². The average molecular weight is 404 g/mol. The van der Waals surface area contributed by atoms with Gasteiger partial charge in [-0.2, -0.15) is 0 Å². The normalized spacial score (nSPS) is 18.0. The zero-order valence-electron chi connectivity index (χ0n) is 17.6. The van der Waals surface area contributed by atoms with Crippen molar-refractivity contribution in [1.29, 1.82) is 0 Å². The first kappa shape index (κ1) is 20.7. The van der Waals surface area contributed by atoms with Gasteiger partial charge in [-0.25, -0.2) is 4.39 Å². The Labute approximate surface area is 179 Å². The second-order valence-electron chi connectivity index (χ2n) is 9.08. The van der Waals surface area contributed by atoms with Gasteiger partial charge in [0.25, 0.3) is 5.91 Å². The van der Waals surface area contributed by atoms with Crippen molar-refractivity contribution < 1.29 is 9.18 Å². The Morgan fingerprint density at radius 3 is 2.03 bits per heavy atom. The highest BCUT2D eigenvalue weighted by Gasteiger charge is 2.37. The van der Waals surface area contributed by atoms with Crippen LogP contribution in [0.25, 0.3) is 0 Å². The topological polar surface area (TPSA) is 29.1 Å². The first-order valence-corrected chi connectivity index (χ1v) is 11.3. The smallest absolute Gasteiger partial charge is 0.251 e. The van der Waals surface area contributed by atoms with Gasteiger partial charge in [0.15, 0.2) is 0 Å². The minimum absolute atomic E-state index is 0.00691. The van der Waals surface area contributed by atoms with Gasteiger partial charge in [-0.15, -0.1) is 0 Å². The molecular weight excluding hydrogens is 373 g/mol. The van der Waals surface area contributed by atoms with Crippen molar-refractivity contribution in [2.75, 3.05) is 6.54 Å². The Hall–Kier alpha value is -2.60. The maximum absolute atomic E-state index is 13.0. The number of nitrogens with one attached hydrogen (secondary N) is 1. The lowest BCUT2D eigenvalue weighted by Gasteiger charge is -2.33. The van der Waals surface area contributed by atoms with Crippen molar-refractivity contribution in [2.24, 2.45) is 11.3 Å². The van der Waals surface area contributed by atoms with E-state index in [1.165, 1.54) is 69.9 Å². The highest BCUT2D eigenvalue weighted by molar-refractivity contribution is 5.94. The Kier molecular flexibility index (Phi) is 6.53. The van der Waals surface area contributed by atoms with E-state index in [0.29, 0.717) is 11.0 Å². The molecule has 0 heterocycles. The van der Waals surface area contributed by atoms with Gasteiger partial charge in [0.05, 0.1) is 0 Å². The monoisotopic (exact) mass is 403 g/mol. The SMILES string of the molecule is O=C(NCC1(CC2CC2)CCCCCC1)c1ccc(C#Cc2ccc(F)cc2)cc1. The van der Waals surface area contributed by atoms with E-state index < -0.39 is 0 Å². The first-order chi connectivity index (χ1) is 14.6. The predicted molar refractivity (Wildman–Crippen MR) is 119 cm³/mol. The van der Waals surface area contributed by atoms with Crippen molar-refractivity contribution in [2.45, 2.75) is 57.8 Å². The minimum Gasteiger partial charge on any atom is -0.351 e. The molecule has 2 saturated carbocycles. The molecule has 2 nitrogen and oxygen atoms in total. The fraction of sp³-hybridized carbons (Fsp3) is 0.444. The van der Waals surface area contributed by atoms with Crippen molar-refractivity contribution in [1.82, 2.24) is 5.32 Å². The van der Waals surface area contributed by atoms with Crippen molar-refractivity contribution in [3.05, 3.63) is 71.0 Å². The molecule has 2 aromatic carbocycles. The van der Waals surface area contributed by atoms with Crippen LogP contribution in [0.5, 0.6) is 0 Å². The maximum Gasteiger partial charge on any atom is 0.251 e. The van der Waals surface area contributed by atoms with Crippen molar-refractivity contribution in [3.63, 3.8) is 0 Å². The number of benzene rings is 2. The quantitative estimate of drug-likeness (QED) is 0.475. The average Bonchev–Trinajstić information content (AvgIpc) is 3.60. The van der Waals surface area contributed by atoms with E-state index in [9.17, 15) is 9.18 Å². The molecule has 0 atom stereocenters. The van der Waals surface area contributed by atoms with Crippen molar-refractivity contribution in [3.8, 4) is 11.8 Å². The molecule has 30 heavy (non-hydrogen) atoms. The lowest BCUT2D eigenvalue weighted by Crippen LogP contribution is -2.38. The summed E-state index contributed by atoms with van der Waals surface area (Å²) in [5, 5.41) is 3.24. The molecule has 2 aliphatic carbocycles. The Bertz CT molecular complexity index is 908. The standard InChI is InChI=1S/C27H30FNO/c28-25-15-11-22(12-16-25)6-5-21-9-13-24(14-10-21)26(30)29-20-27(19-23-7-8-23)17-3-1-2-4-18-27/h9-16,23H,1-4,7-8,17-20H2,(H,29,30). The molecule has 4 rings (SSSR count). The van der Waals surface area contributed by atoms with Gasteiger partial charge in [0.1, 0.15) is 5.82 Å². The van der Waals surface area contributed by atoms with E-state index in [4.69, 9.17) is 0 Å². The van der Waals surface area contributed by atoms with E-state index in [0.717, 1.165) is 23.6 Å². The van der Waals surface area contributed by atoms with Crippen LogP contribution in [-0.4, -0.2) is 12.5 Å². The summed E-state index contributed by atoms with van der Waals surface area (Å²) in [4.78, 5) is 12.8.